The number of hydrogen-bond acceptors (Lipinski definition) is 3. The fraction of sp³-hybridized carbons (Fsp3) is 0. The van der Waals surface area contributed by atoms with Crippen LogP contribution in [-0.4, -0.2) is 14.7 Å². The van der Waals surface area contributed by atoms with Gasteiger partial charge in [-0.1, -0.05) is 42.5 Å². The largest absolute Gasteiger partial charge is 0.298 e. The average molecular weight is 296 g/mol. The molecule has 3 rings (SSSR count). The minimum atomic E-state index is -3.61. The normalized spacial score (nSPS) is 11.4. The van der Waals surface area contributed by atoms with Crippen molar-refractivity contribution < 1.29 is 13.2 Å². The lowest BCUT2D eigenvalue weighted by Crippen LogP contribution is -2.03. The van der Waals surface area contributed by atoms with Gasteiger partial charge in [0.15, 0.2) is 6.29 Å². The Morgan fingerprint density at radius 2 is 1.33 bits per heavy atom. The third-order valence-electron chi connectivity index (χ3n) is 3.39. The predicted octanol–water partition coefficient (Wildman–Crippen LogP) is 3.49. The van der Waals surface area contributed by atoms with Crippen molar-refractivity contribution in [1.29, 1.82) is 0 Å². The summed E-state index contributed by atoms with van der Waals surface area (Å²) in [4.78, 5) is 11.6. The average Bonchev–Trinajstić information content (AvgIpc) is 2.54. The van der Waals surface area contributed by atoms with Gasteiger partial charge in [0.25, 0.3) is 0 Å². The molecule has 0 saturated carbocycles. The molecule has 0 amide bonds. The molecule has 21 heavy (non-hydrogen) atoms. The lowest BCUT2D eigenvalue weighted by Gasteiger charge is -2.09. The second-order valence-corrected chi connectivity index (χ2v) is 6.55. The first-order valence-corrected chi connectivity index (χ1v) is 7.90. The highest BCUT2D eigenvalue weighted by Crippen LogP contribution is 2.29. The van der Waals surface area contributed by atoms with E-state index in [0.717, 1.165) is 6.29 Å². The van der Waals surface area contributed by atoms with Crippen LogP contribution in [0.1, 0.15) is 10.4 Å². The van der Waals surface area contributed by atoms with Crippen LogP contribution in [0.15, 0.2) is 76.5 Å². The van der Waals surface area contributed by atoms with Gasteiger partial charge in [-0.15, -0.1) is 0 Å². The second kappa shape index (κ2) is 5.14. The summed E-state index contributed by atoms with van der Waals surface area (Å²) in [6, 6.07) is 18.3. The van der Waals surface area contributed by atoms with Crippen molar-refractivity contribution in [2.24, 2.45) is 0 Å². The summed E-state index contributed by atoms with van der Waals surface area (Å²) >= 11 is 0. The molecule has 0 aromatic heterocycles. The van der Waals surface area contributed by atoms with E-state index >= 15 is 0 Å². The first-order valence-electron chi connectivity index (χ1n) is 6.41. The van der Waals surface area contributed by atoms with Gasteiger partial charge in [0, 0.05) is 10.9 Å². The number of carbonyl (C=O) groups excluding carboxylic acids is 1. The van der Waals surface area contributed by atoms with Gasteiger partial charge in [-0.25, -0.2) is 8.42 Å². The number of fused-ring (bicyclic) bond motifs is 1. The van der Waals surface area contributed by atoms with E-state index in [1.807, 2.05) is 0 Å². The maximum atomic E-state index is 12.8. The number of carbonyl (C=O) groups is 1. The van der Waals surface area contributed by atoms with Crippen LogP contribution in [0.4, 0.5) is 0 Å². The van der Waals surface area contributed by atoms with Crippen LogP contribution >= 0.6 is 0 Å². The zero-order valence-electron chi connectivity index (χ0n) is 11.1. The SMILES string of the molecule is O=Cc1ccc(S(=O)(=O)c2ccccc2)c2ccccc12. The zero-order valence-corrected chi connectivity index (χ0v) is 11.9. The van der Waals surface area contributed by atoms with E-state index in [4.69, 9.17) is 0 Å². The molecule has 0 bridgehead atoms. The van der Waals surface area contributed by atoms with Crippen LogP contribution in [0.3, 0.4) is 0 Å². The summed E-state index contributed by atoms with van der Waals surface area (Å²) < 4.78 is 25.5. The van der Waals surface area contributed by atoms with Crippen LogP contribution in [-0.2, 0) is 9.84 Å². The smallest absolute Gasteiger partial charge is 0.207 e. The molecule has 3 nitrogen and oxygen atoms in total. The molecule has 104 valence electrons. The zero-order chi connectivity index (χ0) is 14.9. The molecular weight excluding hydrogens is 284 g/mol. The highest BCUT2D eigenvalue weighted by molar-refractivity contribution is 7.91. The molecule has 4 heteroatoms. The highest BCUT2D eigenvalue weighted by atomic mass is 32.2. The first-order chi connectivity index (χ1) is 10.1. The Kier molecular flexibility index (Phi) is 3.31. The predicted molar refractivity (Wildman–Crippen MR) is 81.2 cm³/mol. The molecule has 0 aliphatic carbocycles. The van der Waals surface area contributed by atoms with Gasteiger partial charge >= 0.3 is 0 Å². The lowest BCUT2D eigenvalue weighted by molar-refractivity contribution is 0.112. The minimum absolute atomic E-state index is 0.218. The Balaban J connectivity index is 2.34. The summed E-state index contributed by atoms with van der Waals surface area (Å²) in [5.74, 6) is 0. The van der Waals surface area contributed by atoms with Crippen molar-refractivity contribution in [1.82, 2.24) is 0 Å². The van der Waals surface area contributed by atoms with Gasteiger partial charge in [0.05, 0.1) is 9.79 Å². The molecule has 0 aliphatic heterocycles. The first kappa shape index (κ1) is 13.5. The van der Waals surface area contributed by atoms with Crippen molar-refractivity contribution >= 4 is 26.9 Å². The van der Waals surface area contributed by atoms with Crippen LogP contribution in [0.5, 0.6) is 0 Å². The molecule has 0 atom stereocenters. The van der Waals surface area contributed by atoms with Crippen LogP contribution < -0.4 is 0 Å². The minimum Gasteiger partial charge on any atom is -0.298 e. The van der Waals surface area contributed by atoms with E-state index in [1.54, 1.807) is 60.7 Å². The van der Waals surface area contributed by atoms with Gasteiger partial charge in [0.2, 0.25) is 9.84 Å². The van der Waals surface area contributed by atoms with E-state index in [2.05, 4.69) is 0 Å². The van der Waals surface area contributed by atoms with E-state index in [-0.39, 0.29) is 9.79 Å². The summed E-state index contributed by atoms with van der Waals surface area (Å²) in [5.41, 5.74) is 0.484. The standard InChI is InChI=1S/C17H12O3S/c18-12-13-10-11-17(16-9-5-4-8-15(13)16)21(19,20)14-6-2-1-3-7-14/h1-12H. The van der Waals surface area contributed by atoms with Crippen LogP contribution in [0.2, 0.25) is 0 Å². The van der Waals surface area contributed by atoms with Gasteiger partial charge < -0.3 is 0 Å². The van der Waals surface area contributed by atoms with Crippen molar-refractivity contribution in [3.05, 3.63) is 72.3 Å². The second-order valence-electron chi connectivity index (χ2n) is 4.63. The maximum Gasteiger partial charge on any atom is 0.207 e. The number of sulfone groups is 1. The lowest BCUT2D eigenvalue weighted by atomic mass is 10.1. The molecule has 0 saturated heterocycles. The Morgan fingerprint density at radius 3 is 2.00 bits per heavy atom. The van der Waals surface area contributed by atoms with Crippen molar-refractivity contribution in [2.45, 2.75) is 9.79 Å². The molecule has 0 aliphatic rings. The molecule has 0 spiro atoms. The van der Waals surface area contributed by atoms with E-state index in [0.29, 0.717) is 16.3 Å². The fourth-order valence-electron chi connectivity index (χ4n) is 2.36. The van der Waals surface area contributed by atoms with Crippen LogP contribution in [0, 0.1) is 0 Å². The molecule has 0 radical (unpaired) electrons. The van der Waals surface area contributed by atoms with Gasteiger partial charge in [0.1, 0.15) is 0 Å². The summed E-state index contributed by atoms with van der Waals surface area (Å²) in [7, 11) is -3.61. The summed E-state index contributed by atoms with van der Waals surface area (Å²) in [5, 5.41) is 1.20. The monoisotopic (exact) mass is 296 g/mol. The Bertz CT molecular complexity index is 913. The topological polar surface area (TPSA) is 51.2 Å². The molecule has 0 N–H and O–H groups in total. The number of aldehydes is 1. The third-order valence-corrected chi connectivity index (χ3v) is 5.22. The van der Waals surface area contributed by atoms with Crippen LogP contribution in [0.25, 0.3) is 10.8 Å². The van der Waals surface area contributed by atoms with Crippen molar-refractivity contribution in [3.63, 3.8) is 0 Å². The molecular formula is C17H12O3S. The molecule has 0 heterocycles. The van der Waals surface area contributed by atoms with Gasteiger partial charge in [-0.3, -0.25) is 4.79 Å². The highest BCUT2D eigenvalue weighted by Gasteiger charge is 2.20. The number of benzene rings is 3. The molecule has 0 unspecified atom stereocenters. The van der Waals surface area contributed by atoms with Crippen molar-refractivity contribution in [2.75, 3.05) is 0 Å². The molecule has 0 fully saturated rings. The Hall–Kier alpha value is -2.46. The van der Waals surface area contributed by atoms with Gasteiger partial charge in [-0.2, -0.15) is 0 Å². The van der Waals surface area contributed by atoms with E-state index in [1.165, 1.54) is 6.07 Å². The fourth-order valence-corrected chi connectivity index (χ4v) is 3.84. The van der Waals surface area contributed by atoms with E-state index in [9.17, 15) is 13.2 Å². The number of hydrogen-bond donors (Lipinski definition) is 0. The maximum absolute atomic E-state index is 12.8. The Morgan fingerprint density at radius 1 is 0.714 bits per heavy atom. The number of rotatable bonds is 3. The summed E-state index contributed by atoms with van der Waals surface area (Å²) in [6.07, 6.45) is 0.737. The molecule has 3 aromatic carbocycles. The van der Waals surface area contributed by atoms with Crippen molar-refractivity contribution in [3.8, 4) is 0 Å². The van der Waals surface area contributed by atoms with E-state index < -0.39 is 9.84 Å². The quantitative estimate of drug-likeness (QED) is 0.695. The third kappa shape index (κ3) is 2.23. The summed E-state index contributed by atoms with van der Waals surface area (Å²) in [6.45, 7) is 0. The van der Waals surface area contributed by atoms with Gasteiger partial charge in [-0.05, 0) is 29.7 Å². The Labute approximate surface area is 122 Å². The molecule has 3 aromatic rings.